The Hall–Kier alpha value is -2.70. The van der Waals surface area contributed by atoms with Gasteiger partial charge in [-0.15, -0.1) is 0 Å². The summed E-state index contributed by atoms with van der Waals surface area (Å²) >= 11 is 0. The molecule has 1 aromatic carbocycles. The van der Waals surface area contributed by atoms with Crippen molar-refractivity contribution in [3.8, 4) is 5.69 Å². The Bertz CT molecular complexity index is 923. The highest BCUT2D eigenvalue weighted by Crippen LogP contribution is 2.24. The maximum atomic E-state index is 13.2. The predicted molar refractivity (Wildman–Crippen MR) is 112 cm³/mol. The second-order valence-electron chi connectivity index (χ2n) is 8.40. The lowest BCUT2D eigenvalue weighted by atomic mass is 9.95. The molecule has 160 valence electrons. The van der Waals surface area contributed by atoms with Gasteiger partial charge in [0.25, 0.3) is 0 Å². The molecular formula is C23H29FN4O2. The Morgan fingerprint density at radius 2 is 1.63 bits per heavy atom. The number of piperidine rings is 1. The highest BCUT2D eigenvalue weighted by molar-refractivity contribution is 5.81. The van der Waals surface area contributed by atoms with Crippen molar-refractivity contribution in [2.24, 2.45) is 5.92 Å². The Labute approximate surface area is 176 Å². The summed E-state index contributed by atoms with van der Waals surface area (Å²) in [7, 11) is 0. The Morgan fingerprint density at radius 1 is 1.00 bits per heavy atom. The Morgan fingerprint density at radius 3 is 2.27 bits per heavy atom. The van der Waals surface area contributed by atoms with Crippen molar-refractivity contribution in [1.82, 2.24) is 19.6 Å². The first kappa shape index (κ1) is 20.6. The molecule has 1 aromatic heterocycles. The summed E-state index contributed by atoms with van der Waals surface area (Å²) in [5.41, 5.74) is 3.40. The molecule has 2 aliphatic heterocycles. The van der Waals surface area contributed by atoms with Gasteiger partial charge in [0.15, 0.2) is 0 Å². The highest BCUT2D eigenvalue weighted by Gasteiger charge is 2.31. The van der Waals surface area contributed by atoms with E-state index in [0.29, 0.717) is 19.5 Å². The van der Waals surface area contributed by atoms with Gasteiger partial charge in [-0.3, -0.25) is 9.59 Å². The van der Waals surface area contributed by atoms with Crippen LogP contribution < -0.4 is 0 Å². The average molecular weight is 413 g/mol. The second kappa shape index (κ2) is 8.58. The molecule has 4 rings (SSSR count). The fourth-order valence-corrected chi connectivity index (χ4v) is 4.60. The molecule has 0 radical (unpaired) electrons. The quantitative estimate of drug-likeness (QED) is 0.776. The van der Waals surface area contributed by atoms with Crippen LogP contribution in [0.2, 0.25) is 0 Å². The number of likely N-dealkylation sites (tertiary alicyclic amines) is 2. The fourth-order valence-electron chi connectivity index (χ4n) is 4.60. The number of nitrogens with zero attached hydrogens (tertiary/aromatic N) is 4. The van der Waals surface area contributed by atoms with E-state index < -0.39 is 0 Å². The van der Waals surface area contributed by atoms with Crippen LogP contribution in [0, 0.1) is 25.6 Å². The number of halogens is 1. The van der Waals surface area contributed by atoms with Gasteiger partial charge in [-0.2, -0.15) is 5.10 Å². The zero-order valence-electron chi connectivity index (χ0n) is 17.7. The zero-order chi connectivity index (χ0) is 21.3. The van der Waals surface area contributed by atoms with Crippen LogP contribution in [0.15, 0.2) is 24.3 Å². The molecule has 0 bridgehead atoms. The molecule has 2 aliphatic rings. The van der Waals surface area contributed by atoms with Gasteiger partial charge in [-0.25, -0.2) is 9.07 Å². The van der Waals surface area contributed by atoms with Crippen molar-refractivity contribution in [2.45, 2.75) is 46.0 Å². The molecule has 0 spiro atoms. The van der Waals surface area contributed by atoms with Gasteiger partial charge < -0.3 is 9.80 Å². The lowest BCUT2D eigenvalue weighted by Gasteiger charge is -2.33. The molecule has 0 saturated carbocycles. The minimum atomic E-state index is -0.290. The summed E-state index contributed by atoms with van der Waals surface area (Å²) in [6.45, 7) is 6.87. The number of hydrogen-bond acceptors (Lipinski definition) is 3. The van der Waals surface area contributed by atoms with Crippen molar-refractivity contribution in [1.29, 1.82) is 0 Å². The first-order valence-electron chi connectivity index (χ1n) is 10.8. The SMILES string of the molecule is Cc1nn(-c2ccc(F)cc2)c(C)c1CC(=O)N1CCC(C(=O)N2CCCC2)CC1. The number of rotatable bonds is 4. The van der Waals surface area contributed by atoms with E-state index in [-0.39, 0.29) is 23.5 Å². The topological polar surface area (TPSA) is 58.4 Å². The normalized spacial score (nSPS) is 17.6. The van der Waals surface area contributed by atoms with Crippen LogP contribution in [0.5, 0.6) is 0 Å². The Kier molecular flexibility index (Phi) is 5.88. The van der Waals surface area contributed by atoms with Crippen molar-refractivity contribution in [3.63, 3.8) is 0 Å². The molecule has 2 fully saturated rings. The third-order valence-electron chi connectivity index (χ3n) is 6.46. The summed E-state index contributed by atoms with van der Waals surface area (Å²) in [6.07, 6.45) is 3.99. The van der Waals surface area contributed by atoms with Crippen molar-refractivity contribution < 1.29 is 14.0 Å². The summed E-state index contributed by atoms with van der Waals surface area (Å²) in [4.78, 5) is 29.4. The van der Waals surface area contributed by atoms with Gasteiger partial charge in [0, 0.05) is 43.4 Å². The first-order chi connectivity index (χ1) is 14.4. The Balaban J connectivity index is 1.39. The third kappa shape index (κ3) is 4.11. The van der Waals surface area contributed by atoms with Crippen molar-refractivity contribution >= 4 is 11.8 Å². The summed E-state index contributed by atoms with van der Waals surface area (Å²) < 4.78 is 15.0. The van der Waals surface area contributed by atoms with E-state index in [1.807, 2.05) is 23.6 Å². The molecule has 6 nitrogen and oxygen atoms in total. The number of hydrogen-bond donors (Lipinski definition) is 0. The number of amides is 2. The number of aromatic nitrogens is 2. The second-order valence-corrected chi connectivity index (χ2v) is 8.40. The van der Waals surface area contributed by atoms with Crippen LogP contribution in [0.4, 0.5) is 4.39 Å². The standard InChI is InChI=1S/C23H29FN4O2/c1-16-21(17(2)28(25-16)20-7-5-19(24)6-8-20)15-22(29)26-13-9-18(10-14-26)23(30)27-11-3-4-12-27/h5-8,18H,3-4,9-15H2,1-2H3. The van der Waals surface area contributed by atoms with Crippen LogP contribution in [0.1, 0.15) is 42.6 Å². The van der Waals surface area contributed by atoms with E-state index in [2.05, 4.69) is 5.10 Å². The molecule has 0 unspecified atom stereocenters. The monoisotopic (exact) mass is 412 g/mol. The van der Waals surface area contributed by atoms with E-state index in [1.165, 1.54) is 12.1 Å². The van der Waals surface area contributed by atoms with E-state index in [0.717, 1.165) is 61.4 Å². The minimum Gasteiger partial charge on any atom is -0.342 e. The third-order valence-corrected chi connectivity index (χ3v) is 6.46. The first-order valence-corrected chi connectivity index (χ1v) is 10.8. The van der Waals surface area contributed by atoms with Crippen molar-refractivity contribution in [2.75, 3.05) is 26.2 Å². The molecule has 0 aliphatic carbocycles. The van der Waals surface area contributed by atoms with E-state index in [4.69, 9.17) is 0 Å². The van der Waals surface area contributed by atoms with E-state index in [1.54, 1.807) is 16.8 Å². The van der Waals surface area contributed by atoms with Gasteiger partial charge >= 0.3 is 0 Å². The van der Waals surface area contributed by atoms with E-state index in [9.17, 15) is 14.0 Å². The lowest BCUT2D eigenvalue weighted by Crippen LogP contribution is -2.44. The van der Waals surface area contributed by atoms with Gasteiger partial charge in [0.05, 0.1) is 17.8 Å². The molecule has 3 heterocycles. The lowest BCUT2D eigenvalue weighted by molar-refractivity contribution is -0.139. The molecule has 0 atom stereocenters. The van der Waals surface area contributed by atoms with Crippen LogP contribution in [-0.4, -0.2) is 57.6 Å². The number of carbonyl (C=O) groups is 2. The zero-order valence-corrected chi connectivity index (χ0v) is 17.7. The minimum absolute atomic E-state index is 0.0526. The maximum Gasteiger partial charge on any atom is 0.227 e. The van der Waals surface area contributed by atoms with Crippen LogP contribution >= 0.6 is 0 Å². The number of aryl methyl sites for hydroxylation is 1. The molecule has 30 heavy (non-hydrogen) atoms. The molecule has 7 heteroatoms. The van der Waals surface area contributed by atoms with Crippen molar-refractivity contribution in [3.05, 3.63) is 47.0 Å². The predicted octanol–water partition coefficient (Wildman–Crippen LogP) is 3.03. The molecule has 2 amide bonds. The van der Waals surface area contributed by atoms with Gasteiger partial charge in [-0.1, -0.05) is 0 Å². The fraction of sp³-hybridized carbons (Fsp3) is 0.522. The molecule has 2 aromatic rings. The highest BCUT2D eigenvalue weighted by atomic mass is 19.1. The van der Waals surface area contributed by atoms with Crippen LogP contribution in [0.3, 0.4) is 0 Å². The van der Waals surface area contributed by atoms with Gasteiger partial charge in [0.2, 0.25) is 11.8 Å². The molecule has 0 N–H and O–H groups in total. The summed E-state index contributed by atoms with van der Waals surface area (Å²) in [6, 6.07) is 6.18. The number of carbonyl (C=O) groups excluding carboxylic acids is 2. The van der Waals surface area contributed by atoms with Crippen LogP contribution in [0.25, 0.3) is 5.69 Å². The molecule has 2 saturated heterocycles. The summed E-state index contributed by atoms with van der Waals surface area (Å²) in [5.74, 6) is 0.109. The van der Waals surface area contributed by atoms with Gasteiger partial charge in [-0.05, 0) is 63.8 Å². The molecular weight excluding hydrogens is 383 g/mol. The maximum absolute atomic E-state index is 13.2. The van der Waals surface area contributed by atoms with E-state index >= 15 is 0 Å². The smallest absolute Gasteiger partial charge is 0.227 e. The number of benzene rings is 1. The van der Waals surface area contributed by atoms with Crippen LogP contribution in [-0.2, 0) is 16.0 Å². The average Bonchev–Trinajstić information content (AvgIpc) is 3.38. The largest absolute Gasteiger partial charge is 0.342 e. The van der Waals surface area contributed by atoms with Gasteiger partial charge in [0.1, 0.15) is 5.82 Å². The summed E-state index contributed by atoms with van der Waals surface area (Å²) in [5, 5.41) is 4.56.